The quantitative estimate of drug-likeness (QED) is 0.739. The number of fused-ring (bicyclic) bond motifs is 2. The summed E-state index contributed by atoms with van der Waals surface area (Å²) in [6.07, 6.45) is 2.35. The van der Waals surface area contributed by atoms with Crippen LogP contribution in [0.1, 0.15) is 24.1 Å². The molecule has 20 heavy (non-hydrogen) atoms. The van der Waals surface area contributed by atoms with Crippen LogP contribution in [0, 0.1) is 0 Å². The van der Waals surface area contributed by atoms with Gasteiger partial charge in [-0.25, -0.2) is 4.98 Å². The van der Waals surface area contributed by atoms with Crippen LogP contribution in [0.15, 0.2) is 12.1 Å². The van der Waals surface area contributed by atoms with E-state index in [1.165, 1.54) is 24.1 Å². The number of pyridine rings is 1. The summed E-state index contributed by atoms with van der Waals surface area (Å²) in [5.41, 5.74) is 2.74. The van der Waals surface area contributed by atoms with Crippen LogP contribution in [-0.2, 0) is 16.8 Å². The SMILES string of the molecule is CN1Cc2nc(Cl)ccc2C12CCN(C1COC1)CC2. The molecule has 1 aromatic heterocycles. The second-order valence-electron chi connectivity index (χ2n) is 6.24. The maximum absolute atomic E-state index is 6.04. The number of piperidine rings is 1. The van der Waals surface area contributed by atoms with E-state index < -0.39 is 0 Å². The van der Waals surface area contributed by atoms with E-state index in [-0.39, 0.29) is 5.54 Å². The Morgan fingerprint density at radius 2 is 2.05 bits per heavy atom. The van der Waals surface area contributed by atoms with Gasteiger partial charge in [0.15, 0.2) is 0 Å². The van der Waals surface area contributed by atoms with Crippen LogP contribution < -0.4 is 0 Å². The maximum atomic E-state index is 6.04. The molecule has 0 amide bonds. The first-order valence-corrected chi connectivity index (χ1v) is 7.76. The molecule has 0 saturated carbocycles. The summed E-state index contributed by atoms with van der Waals surface area (Å²) in [5.74, 6) is 0. The monoisotopic (exact) mass is 293 g/mol. The minimum atomic E-state index is 0.175. The van der Waals surface area contributed by atoms with Crippen molar-refractivity contribution < 1.29 is 4.74 Å². The highest BCUT2D eigenvalue weighted by Gasteiger charge is 2.47. The van der Waals surface area contributed by atoms with Gasteiger partial charge in [0.1, 0.15) is 5.15 Å². The van der Waals surface area contributed by atoms with Gasteiger partial charge < -0.3 is 4.74 Å². The Hall–Kier alpha value is -0.680. The lowest BCUT2D eigenvalue weighted by Crippen LogP contribution is -2.56. The summed E-state index contributed by atoms with van der Waals surface area (Å²) in [6.45, 7) is 5.05. The van der Waals surface area contributed by atoms with E-state index in [2.05, 4.69) is 27.9 Å². The van der Waals surface area contributed by atoms with Crippen molar-refractivity contribution in [1.29, 1.82) is 0 Å². The second-order valence-corrected chi connectivity index (χ2v) is 6.63. The third kappa shape index (κ3) is 1.82. The van der Waals surface area contributed by atoms with Gasteiger partial charge in [-0.15, -0.1) is 0 Å². The van der Waals surface area contributed by atoms with Crippen molar-refractivity contribution in [1.82, 2.24) is 14.8 Å². The topological polar surface area (TPSA) is 28.6 Å². The Labute approximate surface area is 124 Å². The summed E-state index contributed by atoms with van der Waals surface area (Å²) in [4.78, 5) is 9.58. The molecule has 1 spiro atoms. The van der Waals surface area contributed by atoms with Crippen molar-refractivity contribution in [3.8, 4) is 0 Å². The van der Waals surface area contributed by atoms with E-state index >= 15 is 0 Å². The third-order valence-corrected chi connectivity index (χ3v) is 5.53. The van der Waals surface area contributed by atoms with Gasteiger partial charge in [0.05, 0.1) is 30.5 Å². The summed E-state index contributed by atoms with van der Waals surface area (Å²) < 4.78 is 5.32. The van der Waals surface area contributed by atoms with Crippen molar-refractivity contribution >= 4 is 11.6 Å². The molecular weight excluding hydrogens is 274 g/mol. The molecule has 4 nitrogen and oxygen atoms in total. The van der Waals surface area contributed by atoms with Crippen molar-refractivity contribution in [2.45, 2.75) is 31.0 Å². The molecule has 0 N–H and O–H groups in total. The fourth-order valence-corrected chi connectivity index (χ4v) is 4.11. The molecule has 1 aromatic rings. The molecule has 0 bridgehead atoms. The fourth-order valence-electron chi connectivity index (χ4n) is 3.94. The van der Waals surface area contributed by atoms with Gasteiger partial charge >= 0.3 is 0 Å². The van der Waals surface area contributed by atoms with E-state index in [0.29, 0.717) is 11.2 Å². The molecule has 0 aromatic carbocycles. The van der Waals surface area contributed by atoms with Crippen molar-refractivity contribution in [3.05, 3.63) is 28.5 Å². The molecule has 108 valence electrons. The molecule has 0 aliphatic carbocycles. The standard InChI is InChI=1S/C15H20ClN3O/c1-18-8-13-12(2-3-14(16)17-13)15(18)4-6-19(7-5-15)11-9-20-10-11/h2-3,11H,4-10H2,1H3. The molecule has 0 radical (unpaired) electrons. The Morgan fingerprint density at radius 1 is 1.30 bits per heavy atom. The molecular formula is C15H20ClN3O. The zero-order chi connectivity index (χ0) is 13.7. The molecule has 4 rings (SSSR count). The Kier molecular flexibility index (Phi) is 3.04. The highest BCUT2D eigenvalue weighted by Crippen LogP contribution is 2.45. The Bertz CT molecular complexity index is 524. The second kappa shape index (κ2) is 4.67. The van der Waals surface area contributed by atoms with Gasteiger partial charge in [-0.1, -0.05) is 17.7 Å². The minimum absolute atomic E-state index is 0.175. The van der Waals surface area contributed by atoms with Crippen molar-refractivity contribution in [3.63, 3.8) is 0 Å². The third-order valence-electron chi connectivity index (χ3n) is 5.32. The van der Waals surface area contributed by atoms with Crippen LogP contribution >= 0.6 is 11.6 Å². The number of ether oxygens (including phenoxy) is 1. The van der Waals surface area contributed by atoms with Crippen LogP contribution in [-0.4, -0.2) is 54.2 Å². The number of likely N-dealkylation sites (tertiary alicyclic amines) is 1. The highest BCUT2D eigenvalue weighted by molar-refractivity contribution is 6.29. The molecule has 4 heterocycles. The maximum Gasteiger partial charge on any atom is 0.129 e. The van der Waals surface area contributed by atoms with E-state index in [0.717, 1.165) is 32.8 Å². The van der Waals surface area contributed by atoms with E-state index in [9.17, 15) is 0 Å². The van der Waals surface area contributed by atoms with Gasteiger partial charge in [0.2, 0.25) is 0 Å². The molecule has 5 heteroatoms. The summed E-state index contributed by atoms with van der Waals surface area (Å²) >= 11 is 6.04. The average Bonchev–Trinajstić information content (AvgIpc) is 2.62. The van der Waals surface area contributed by atoms with E-state index in [4.69, 9.17) is 16.3 Å². The zero-order valence-corrected chi connectivity index (χ0v) is 12.6. The first-order chi connectivity index (χ1) is 9.69. The minimum Gasteiger partial charge on any atom is -0.378 e. The van der Waals surface area contributed by atoms with Crippen LogP contribution in [0.4, 0.5) is 0 Å². The normalized spacial score (nSPS) is 26.7. The van der Waals surface area contributed by atoms with E-state index in [1.807, 2.05) is 6.07 Å². The summed E-state index contributed by atoms with van der Waals surface area (Å²) in [7, 11) is 2.22. The van der Waals surface area contributed by atoms with Crippen LogP contribution in [0.5, 0.6) is 0 Å². The number of rotatable bonds is 1. The van der Waals surface area contributed by atoms with Crippen LogP contribution in [0.2, 0.25) is 5.15 Å². The molecule has 2 saturated heterocycles. The van der Waals surface area contributed by atoms with Crippen molar-refractivity contribution in [2.75, 3.05) is 33.4 Å². The molecule has 2 fully saturated rings. The van der Waals surface area contributed by atoms with Crippen molar-refractivity contribution in [2.24, 2.45) is 0 Å². The summed E-state index contributed by atoms with van der Waals surface area (Å²) in [6, 6.07) is 4.78. The predicted molar refractivity (Wildman–Crippen MR) is 77.8 cm³/mol. The fraction of sp³-hybridized carbons (Fsp3) is 0.667. The molecule has 3 aliphatic heterocycles. The average molecular weight is 294 g/mol. The lowest BCUT2D eigenvalue weighted by molar-refractivity contribution is -0.0852. The number of aromatic nitrogens is 1. The first-order valence-electron chi connectivity index (χ1n) is 7.38. The van der Waals surface area contributed by atoms with Gasteiger partial charge in [0, 0.05) is 19.6 Å². The number of halogens is 1. The van der Waals surface area contributed by atoms with E-state index in [1.54, 1.807) is 0 Å². The molecule has 3 aliphatic rings. The molecule has 0 atom stereocenters. The molecule has 0 unspecified atom stereocenters. The number of nitrogens with zero attached hydrogens (tertiary/aromatic N) is 3. The zero-order valence-electron chi connectivity index (χ0n) is 11.8. The first kappa shape index (κ1) is 13.0. The van der Waals surface area contributed by atoms with Gasteiger partial charge in [0.25, 0.3) is 0 Å². The van der Waals surface area contributed by atoms with Gasteiger partial charge in [-0.2, -0.15) is 0 Å². The predicted octanol–water partition coefficient (Wildman–Crippen LogP) is 1.87. The lowest BCUT2D eigenvalue weighted by atomic mass is 9.81. The largest absolute Gasteiger partial charge is 0.378 e. The van der Waals surface area contributed by atoms with Gasteiger partial charge in [-0.05, 0) is 31.5 Å². The Morgan fingerprint density at radius 3 is 2.70 bits per heavy atom. The number of hydrogen-bond acceptors (Lipinski definition) is 4. The highest BCUT2D eigenvalue weighted by atomic mass is 35.5. The number of hydrogen-bond donors (Lipinski definition) is 0. The smallest absolute Gasteiger partial charge is 0.129 e. The lowest BCUT2D eigenvalue weighted by Gasteiger charge is -2.48. The van der Waals surface area contributed by atoms with Gasteiger partial charge in [-0.3, -0.25) is 9.80 Å². The van der Waals surface area contributed by atoms with Crippen LogP contribution in [0.25, 0.3) is 0 Å². The Balaban J connectivity index is 1.59. The summed E-state index contributed by atoms with van der Waals surface area (Å²) in [5, 5.41) is 0.609. The van der Waals surface area contributed by atoms with Crippen LogP contribution in [0.3, 0.4) is 0 Å².